The molecule has 0 spiro atoms. The number of rotatable bonds is 6. The molecule has 0 aliphatic carbocycles. The number of ether oxygens (including phenoxy) is 3. The van der Waals surface area contributed by atoms with E-state index in [-0.39, 0.29) is 12.1 Å². The standard InChI is InChI=1S/C17H23N3O4S/c1-22-10-7-18-16(21)20-8-5-12(6-9-20)24-17-19-14-11-13(23-2)3-4-15(14)25-17/h3-4,11-12H,5-10H2,1-2H3,(H,18,21). The topological polar surface area (TPSA) is 72.9 Å². The first-order chi connectivity index (χ1) is 12.2. The average Bonchev–Trinajstić information content (AvgIpc) is 3.03. The second-order valence-corrected chi connectivity index (χ2v) is 6.84. The van der Waals surface area contributed by atoms with Crippen LogP contribution < -0.4 is 14.8 Å². The van der Waals surface area contributed by atoms with Crippen LogP contribution in [0.25, 0.3) is 10.2 Å². The van der Waals surface area contributed by atoms with E-state index in [1.807, 2.05) is 23.1 Å². The Labute approximate surface area is 150 Å². The van der Waals surface area contributed by atoms with Crippen LogP contribution in [0, 0.1) is 0 Å². The number of hydrogen-bond acceptors (Lipinski definition) is 6. The van der Waals surface area contributed by atoms with Gasteiger partial charge in [0.25, 0.3) is 5.19 Å². The monoisotopic (exact) mass is 365 g/mol. The van der Waals surface area contributed by atoms with Gasteiger partial charge >= 0.3 is 6.03 Å². The molecule has 2 heterocycles. The lowest BCUT2D eigenvalue weighted by molar-refractivity contribution is 0.109. The van der Waals surface area contributed by atoms with Crippen molar-refractivity contribution in [2.75, 3.05) is 40.5 Å². The minimum absolute atomic E-state index is 0.0393. The third-order valence-electron chi connectivity index (χ3n) is 4.15. The molecule has 1 aromatic carbocycles. The van der Waals surface area contributed by atoms with Crippen LogP contribution in [0.2, 0.25) is 0 Å². The molecule has 1 aliphatic rings. The average molecular weight is 365 g/mol. The molecule has 1 aromatic heterocycles. The minimum Gasteiger partial charge on any atom is -0.497 e. The van der Waals surface area contributed by atoms with Gasteiger partial charge in [-0.15, -0.1) is 0 Å². The molecule has 7 nitrogen and oxygen atoms in total. The number of aromatic nitrogens is 1. The summed E-state index contributed by atoms with van der Waals surface area (Å²) in [6.07, 6.45) is 1.69. The Morgan fingerprint density at radius 2 is 2.16 bits per heavy atom. The highest BCUT2D eigenvalue weighted by molar-refractivity contribution is 7.20. The van der Waals surface area contributed by atoms with E-state index in [1.165, 1.54) is 11.3 Å². The normalized spacial score (nSPS) is 15.4. The van der Waals surface area contributed by atoms with Gasteiger partial charge in [0.15, 0.2) is 0 Å². The van der Waals surface area contributed by atoms with Crippen molar-refractivity contribution in [3.05, 3.63) is 18.2 Å². The highest BCUT2D eigenvalue weighted by Crippen LogP contribution is 2.31. The van der Waals surface area contributed by atoms with E-state index in [9.17, 15) is 4.79 Å². The number of likely N-dealkylation sites (tertiary alicyclic amines) is 1. The lowest BCUT2D eigenvalue weighted by Crippen LogP contribution is -2.47. The van der Waals surface area contributed by atoms with Gasteiger partial charge in [0.2, 0.25) is 0 Å². The Hall–Kier alpha value is -2.06. The fourth-order valence-corrected chi connectivity index (χ4v) is 3.62. The molecule has 1 N–H and O–H groups in total. The van der Waals surface area contributed by atoms with Gasteiger partial charge in [-0.2, -0.15) is 0 Å². The van der Waals surface area contributed by atoms with Crippen molar-refractivity contribution in [3.63, 3.8) is 0 Å². The summed E-state index contributed by atoms with van der Waals surface area (Å²) < 4.78 is 17.3. The molecule has 2 aromatic rings. The summed E-state index contributed by atoms with van der Waals surface area (Å²) in [6, 6.07) is 5.78. The second kappa shape index (κ2) is 8.35. The lowest BCUT2D eigenvalue weighted by atomic mass is 10.1. The largest absolute Gasteiger partial charge is 0.497 e. The molecule has 1 fully saturated rings. The Bertz CT molecular complexity index is 713. The summed E-state index contributed by atoms with van der Waals surface area (Å²) in [6.45, 7) is 2.42. The third kappa shape index (κ3) is 4.52. The van der Waals surface area contributed by atoms with E-state index in [0.29, 0.717) is 31.4 Å². The number of fused-ring (bicyclic) bond motifs is 1. The van der Waals surface area contributed by atoms with Gasteiger partial charge in [-0.1, -0.05) is 11.3 Å². The van der Waals surface area contributed by atoms with Crippen molar-refractivity contribution < 1.29 is 19.0 Å². The Morgan fingerprint density at radius 1 is 1.36 bits per heavy atom. The van der Waals surface area contributed by atoms with Gasteiger partial charge in [0, 0.05) is 45.7 Å². The second-order valence-electron chi connectivity index (χ2n) is 5.84. The molecule has 0 atom stereocenters. The van der Waals surface area contributed by atoms with Gasteiger partial charge in [-0.3, -0.25) is 0 Å². The first-order valence-corrected chi connectivity index (χ1v) is 9.14. The van der Waals surface area contributed by atoms with Crippen molar-refractivity contribution in [1.29, 1.82) is 0 Å². The van der Waals surface area contributed by atoms with Crippen LogP contribution in [0.15, 0.2) is 18.2 Å². The molecule has 0 saturated carbocycles. The van der Waals surface area contributed by atoms with Crippen molar-refractivity contribution in [2.24, 2.45) is 0 Å². The molecule has 25 heavy (non-hydrogen) atoms. The van der Waals surface area contributed by atoms with Crippen molar-refractivity contribution in [1.82, 2.24) is 15.2 Å². The molecule has 1 aliphatic heterocycles. The van der Waals surface area contributed by atoms with Crippen LogP contribution in [0.3, 0.4) is 0 Å². The van der Waals surface area contributed by atoms with Crippen LogP contribution in [-0.2, 0) is 4.74 Å². The highest BCUT2D eigenvalue weighted by atomic mass is 32.1. The van der Waals surface area contributed by atoms with Crippen LogP contribution in [0.1, 0.15) is 12.8 Å². The zero-order valence-electron chi connectivity index (χ0n) is 14.5. The van der Waals surface area contributed by atoms with E-state index in [2.05, 4.69) is 10.3 Å². The van der Waals surface area contributed by atoms with E-state index in [0.717, 1.165) is 28.8 Å². The maximum Gasteiger partial charge on any atom is 0.317 e. The number of nitrogens with one attached hydrogen (secondary N) is 1. The number of thiazole rings is 1. The molecular weight excluding hydrogens is 342 g/mol. The van der Waals surface area contributed by atoms with Crippen LogP contribution in [0.5, 0.6) is 10.9 Å². The van der Waals surface area contributed by atoms with E-state index >= 15 is 0 Å². The Morgan fingerprint density at radius 3 is 2.88 bits per heavy atom. The van der Waals surface area contributed by atoms with Crippen LogP contribution in [0.4, 0.5) is 4.79 Å². The molecule has 2 amide bonds. The molecular formula is C17H23N3O4S. The first kappa shape index (κ1) is 17.8. The number of amides is 2. The summed E-state index contributed by atoms with van der Waals surface area (Å²) >= 11 is 1.54. The number of nitrogens with zero attached hydrogens (tertiary/aromatic N) is 2. The third-order valence-corrected chi connectivity index (χ3v) is 5.08. The van der Waals surface area contributed by atoms with Crippen LogP contribution >= 0.6 is 11.3 Å². The number of benzene rings is 1. The molecule has 1 saturated heterocycles. The van der Waals surface area contributed by atoms with Crippen molar-refractivity contribution in [3.8, 4) is 10.9 Å². The molecule has 0 unspecified atom stereocenters. The number of piperidine rings is 1. The first-order valence-electron chi connectivity index (χ1n) is 8.32. The predicted octanol–water partition coefficient (Wildman–Crippen LogP) is 2.50. The summed E-state index contributed by atoms with van der Waals surface area (Å²) in [5.74, 6) is 0.789. The maximum absolute atomic E-state index is 12.0. The highest BCUT2D eigenvalue weighted by Gasteiger charge is 2.24. The fourth-order valence-electron chi connectivity index (χ4n) is 2.75. The molecule has 0 radical (unpaired) electrons. The number of carbonyl (C=O) groups excluding carboxylic acids is 1. The fraction of sp³-hybridized carbons (Fsp3) is 0.529. The van der Waals surface area contributed by atoms with Gasteiger partial charge < -0.3 is 24.4 Å². The Balaban J connectivity index is 1.51. The molecule has 0 bridgehead atoms. The van der Waals surface area contributed by atoms with Gasteiger partial charge in [0.05, 0.1) is 23.9 Å². The predicted molar refractivity (Wildman–Crippen MR) is 96.7 cm³/mol. The van der Waals surface area contributed by atoms with Gasteiger partial charge in [-0.25, -0.2) is 9.78 Å². The van der Waals surface area contributed by atoms with E-state index in [4.69, 9.17) is 14.2 Å². The summed E-state index contributed by atoms with van der Waals surface area (Å²) in [7, 11) is 3.26. The van der Waals surface area contributed by atoms with Crippen LogP contribution in [-0.4, -0.2) is 62.5 Å². The zero-order chi connectivity index (χ0) is 17.6. The molecule has 8 heteroatoms. The summed E-state index contributed by atoms with van der Waals surface area (Å²) in [5, 5.41) is 3.52. The smallest absolute Gasteiger partial charge is 0.317 e. The van der Waals surface area contributed by atoms with Crippen molar-refractivity contribution in [2.45, 2.75) is 18.9 Å². The van der Waals surface area contributed by atoms with E-state index < -0.39 is 0 Å². The molecule has 3 rings (SSSR count). The SMILES string of the molecule is COCCNC(=O)N1CCC(Oc2nc3cc(OC)ccc3s2)CC1. The Kier molecular flexibility index (Phi) is 5.93. The number of methoxy groups -OCH3 is 2. The zero-order valence-corrected chi connectivity index (χ0v) is 15.3. The number of carbonyl (C=O) groups is 1. The summed E-state index contributed by atoms with van der Waals surface area (Å²) in [5.41, 5.74) is 0.884. The number of urea groups is 1. The van der Waals surface area contributed by atoms with Crippen molar-refractivity contribution >= 4 is 27.6 Å². The number of hydrogen-bond donors (Lipinski definition) is 1. The molecule has 136 valence electrons. The summed E-state index contributed by atoms with van der Waals surface area (Å²) in [4.78, 5) is 18.4. The van der Waals surface area contributed by atoms with Gasteiger partial charge in [0.1, 0.15) is 11.9 Å². The lowest BCUT2D eigenvalue weighted by Gasteiger charge is -2.31. The maximum atomic E-state index is 12.0. The van der Waals surface area contributed by atoms with Gasteiger partial charge in [-0.05, 0) is 12.1 Å². The minimum atomic E-state index is -0.0393. The quantitative estimate of drug-likeness (QED) is 0.797. The van der Waals surface area contributed by atoms with E-state index in [1.54, 1.807) is 14.2 Å².